The minimum atomic E-state index is -0.526. The van der Waals surface area contributed by atoms with Crippen molar-refractivity contribution in [1.82, 2.24) is 0 Å². The zero-order valence-corrected chi connectivity index (χ0v) is 18.6. The van der Waals surface area contributed by atoms with Gasteiger partial charge in [0.25, 0.3) is 5.91 Å². The van der Waals surface area contributed by atoms with Crippen LogP contribution < -0.4 is 5.32 Å². The molecule has 0 spiro atoms. The number of esters is 1. The fourth-order valence-corrected chi connectivity index (χ4v) is 5.01. The number of nitriles is 1. The van der Waals surface area contributed by atoms with Crippen molar-refractivity contribution < 1.29 is 14.3 Å². The van der Waals surface area contributed by atoms with Gasteiger partial charge in [0.15, 0.2) is 0 Å². The van der Waals surface area contributed by atoms with Gasteiger partial charge in [0.05, 0.1) is 12.7 Å². The van der Waals surface area contributed by atoms with Gasteiger partial charge in [-0.05, 0) is 53.9 Å². The van der Waals surface area contributed by atoms with E-state index in [0.29, 0.717) is 22.4 Å². The van der Waals surface area contributed by atoms with Gasteiger partial charge in [-0.3, -0.25) is 4.79 Å². The standard InChI is InChI=1S/C24H26N2O3S/c1-14(2)17-8-6-16(7-9-17)12-18(13-25)22(27)26-23-21(24(28)29-4)19-10-5-15(3)11-20(19)30-23/h6-9,12,14-15H,5,10-11H2,1-4H3,(H,26,27)/b18-12+/t15-/m0/s1. The van der Waals surface area contributed by atoms with Crippen LogP contribution in [0.25, 0.3) is 6.08 Å². The molecular formula is C24H26N2O3S. The van der Waals surface area contributed by atoms with Crippen LogP contribution in [-0.4, -0.2) is 19.0 Å². The van der Waals surface area contributed by atoms with Gasteiger partial charge >= 0.3 is 5.97 Å². The third kappa shape index (κ3) is 4.63. The Morgan fingerprint density at radius 2 is 2.00 bits per heavy atom. The van der Waals surface area contributed by atoms with Crippen molar-refractivity contribution in [3.63, 3.8) is 0 Å². The Labute approximate surface area is 181 Å². The third-order valence-electron chi connectivity index (χ3n) is 5.41. The Morgan fingerprint density at radius 1 is 1.30 bits per heavy atom. The molecule has 1 atom stereocenters. The van der Waals surface area contributed by atoms with E-state index in [9.17, 15) is 14.9 Å². The lowest BCUT2D eigenvalue weighted by molar-refractivity contribution is -0.112. The number of nitrogens with zero attached hydrogens (tertiary/aromatic N) is 1. The van der Waals surface area contributed by atoms with Gasteiger partial charge in [-0.25, -0.2) is 4.79 Å². The van der Waals surface area contributed by atoms with Crippen LogP contribution in [0, 0.1) is 17.2 Å². The monoisotopic (exact) mass is 422 g/mol. The molecule has 0 saturated carbocycles. The van der Waals surface area contributed by atoms with Gasteiger partial charge in [0.1, 0.15) is 16.6 Å². The number of fused-ring (bicyclic) bond motifs is 1. The highest BCUT2D eigenvalue weighted by molar-refractivity contribution is 7.17. The van der Waals surface area contributed by atoms with E-state index in [1.807, 2.05) is 30.3 Å². The Hall–Kier alpha value is -2.91. The lowest BCUT2D eigenvalue weighted by atomic mass is 9.88. The van der Waals surface area contributed by atoms with Crippen molar-refractivity contribution in [3.05, 3.63) is 57.0 Å². The van der Waals surface area contributed by atoms with Crippen molar-refractivity contribution >= 4 is 34.3 Å². The maximum Gasteiger partial charge on any atom is 0.341 e. The molecule has 1 aromatic heterocycles. The smallest absolute Gasteiger partial charge is 0.341 e. The molecule has 1 aromatic carbocycles. The molecule has 0 unspecified atom stereocenters. The Bertz CT molecular complexity index is 1030. The molecule has 1 aliphatic carbocycles. The second-order valence-corrected chi connectivity index (χ2v) is 9.10. The molecule has 3 rings (SSSR count). The molecule has 1 aliphatic rings. The van der Waals surface area contributed by atoms with E-state index in [2.05, 4.69) is 26.1 Å². The summed E-state index contributed by atoms with van der Waals surface area (Å²) in [5, 5.41) is 12.8. The van der Waals surface area contributed by atoms with Crippen LogP contribution in [0.3, 0.4) is 0 Å². The highest BCUT2D eigenvalue weighted by Crippen LogP contribution is 2.40. The molecule has 0 aliphatic heterocycles. The number of rotatable bonds is 5. The van der Waals surface area contributed by atoms with Gasteiger partial charge in [-0.2, -0.15) is 5.26 Å². The Kier molecular flexibility index (Phi) is 6.73. The SMILES string of the molecule is COC(=O)c1c(NC(=O)/C(C#N)=C/c2ccc(C(C)C)cc2)sc2c1CC[C@H](C)C2. The van der Waals surface area contributed by atoms with Gasteiger partial charge < -0.3 is 10.1 Å². The number of amides is 1. The molecule has 1 N–H and O–H groups in total. The van der Waals surface area contributed by atoms with Crippen LogP contribution in [0.2, 0.25) is 0 Å². The molecule has 6 heteroatoms. The number of carbonyl (C=O) groups excluding carboxylic acids is 2. The van der Waals surface area contributed by atoms with E-state index in [1.54, 1.807) is 6.08 Å². The molecule has 156 valence electrons. The minimum absolute atomic E-state index is 0.0112. The summed E-state index contributed by atoms with van der Waals surface area (Å²) < 4.78 is 4.96. The van der Waals surface area contributed by atoms with E-state index in [4.69, 9.17) is 4.74 Å². The highest BCUT2D eigenvalue weighted by atomic mass is 32.1. The summed E-state index contributed by atoms with van der Waals surface area (Å²) in [5.74, 6) is -0.0361. The third-order valence-corrected chi connectivity index (χ3v) is 6.58. The van der Waals surface area contributed by atoms with Crippen molar-refractivity contribution in [2.45, 2.75) is 46.0 Å². The average Bonchev–Trinajstić information content (AvgIpc) is 3.08. The molecule has 0 fully saturated rings. The second kappa shape index (κ2) is 9.27. The molecule has 2 aromatic rings. The molecule has 30 heavy (non-hydrogen) atoms. The van der Waals surface area contributed by atoms with Crippen molar-refractivity contribution in [1.29, 1.82) is 5.26 Å². The molecular weight excluding hydrogens is 396 g/mol. The summed E-state index contributed by atoms with van der Waals surface area (Å²) in [6.45, 7) is 6.40. The lowest BCUT2D eigenvalue weighted by Crippen LogP contribution is -2.16. The summed E-state index contributed by atoms with van der Waals surface area (Å²) in [6.07, 6.45) is 4.23. The quantitative estimate of drug-likeness (QED) is 0.401. The normalized spacial score (nSPS) is 16.0. The number of hydrogen-bond acceptors (Lipinski definition) is 5. The topological polar surface area (TPSA) is 79.2 Å². The van der Waals surface area contributed by atoms with E-state index in [-0.39, 0.29) is 5.57 Å². The number of hydrogen-bond donors (Lipinski definition) is 1. The van der Waals surface area contributed by atoms with Crippen molar-refractivity contribution in [3.8, 4) is 6.07 Å². The number of methoxy groups -OCH3 is 1. The first-order chi connectivity index (χ1) is 14.3. The first-order valence-corrected chi connectivity index (χ1v) is 10.9. The maximum atomic E-state index is 12.8. The number of ether oxygens (including phenoxy) is 1. The number of carbonyl (C=O) groups is 2. The van der Waals surface area contributed by atoms with Crippen LogP contribution >= 0.6 is 11.3 Å². The van der Waals surface area contributed by atoms with E-state index < -0.39 is 11.9 Å². The van der Waals surface area contributed by atoms with Gasteiger partial charge in [-0.15, -0.1) is 11.3 Å². The first kappa shape index (κ1) is 21.8. The number of benzene rings is 1. The maximum absolute atomic E-state index is 12.8. The number of thiophene rings is 1. The van der Waals surface area contributed by atoms with E-state index >= 15 is 0 Å². The molecule has 0 bridgehead atoms. The van der Waals surface area contributed by atoms with Gasteiger partial charge in [0.2, 0.25) is 0 Å². The fourth-order valence-electron chi connectivity index (χ4n) is 3.62. The van der Waals surface area contributed by atoms with E-state index in [0.717, 1.165) is 35.3 Å². The first-order valence-electron chi connectivity index (χ1n) is 10.1. The highest BCUT2D eigenvalue weighted by Gasteiger charge is 2.29. The average molecular weight is 423 g/mol. The molecule has 0 saturated heterocycles. The zero-order chi connectivity index (χ0) is 21.8. The van der Waals surface area contributed by atoms with Crippen molar-refractivity contribution in [2.24, 2.45) is 5.92 Å². The summed E-state index contributed by atoms with van der Waals surface area (Å²) in [5.41, 5.74) is 3.35. The number of anilines is 1. The lowest BCUT2D eigenvalue weighted by Gasteiger charge is -2.18. The minimum Gasteiger partial charge on any atom is -0.465 e. The van der Waals surface area contributed by atoms with Gasteiger partial charge in [-0.1, -0.05) is 45.0 Å². The van der Waals surface area contributed by atoms with Gasteiger partial charge in [0, 0.05) is 4.88 Å². The van der Waals surface area contributed by atoms with Crippen molar-refractivity contribution in [2.75, 3.05) is 12.4 Å². The fraction of sp³-hybridized carbons (Fsp3) is 0.375. The van der Waals surface area contributed by atoms with Crippen LogP contribution in [0.1, 0.15) is 65.0 Å². The molecule has 1 amide bonds. The molecule has 0 radical (unpaired) electrons. The molecule has 5 nitrogen and oxygen atoms in total. The summed E-state index contributed by atoms with van der Waals surface area (Å²) in [7, 11) is 1.34. The Morgan fingerprint density at radius 3 is 2.60 bits per heavy atom. The van der Waals surface area contributed by atoms with Crippen LogP contribution in [0.4, 0.5) is 5.00 Å². The number of nitrogens with one attached hydrogen (secondary N) is 1. The summed E-state index contributed by atoms with van der Waals surface area (Å²) in [6, 6.07) is 9.75. The zero-order valence-electron chi connectivity index (χ0n) is 17.7. The largest absolute Gasteiger partial charge is 0.465 e. The predicted molar refractivity (Wildman–Crippen MR) is 120 cm³/mol. The second-order valence-electron chi connectivity index (χ2n) is 7.99. The van der Waals surface area contributed by atoms with Crippen LogP contribution in [-0.2, 0) is 22.4 Å². The van der Waals surface area contributed by atoms with E-state index in [1.165, 1.54) is 24.0 Å². The Balaban J connectivity index is 1.88. The predicted octanol–water partition coefficient (Wildman–Crippen LogP) is 5.33. The summed E-state index contributed by atoms with van der Waals surface area (Å²) in [4.78, 5) is 26.3. The van der Waals surface area contributed by atoms with Crippen LogP contribution in [0.15, 0.2) is 29.8 Å². The summed E-state index contributed by atoms with van der Waals surface area (Å²) >= 11 is 1.41. The van der Waals surface area contributed by atoms with Crippen LogP contribution in [0.5, 0.6) is 0 Å². The molecule has 1 heterocycles.